The lowest BCUT2D eigenvalue weighted by atomic mass is 10.1. The highest BCUT2D eigenvalue weighted by molar-refractivity contribution is 5.94. The van der Waals surface area contributed by atoms with Gasteiger partial charge in [-0.05, 0) is 18.6 Å². The molecule has 1 saturated heterocycles. The van der Waals surface area contributed by atoms with Crippen LogP contribution in [0.4, 0.5) is 4.79 Å². The van der Waals surface area contributed by atoms with Crippen molar-refractivity contribution in [3.8, 4) is 0 Å². The van der Waals surface area contributed by atoms with Gasteiger partial charge < -0.3 is 20.1 Å². The van der Waals surface area contributed by atoms with E-state index in [1.165, 1.54) is 0 Å². The van der Waals surface area contributed by atoms with Crippen LogP contribution in [-0.2, 0) is 4.74 Å². The number of carbonyl (C=O) groups is 2. The van der Waals surface area contributed by atoms with Crippen LogP contribution < -0.4 is 5.32 Å². The molecule has 108 valence electrons. The van der Waals surface area contributed by atoms with Gasteiger partial charge in [0.15, 0.2) is 0 Å². The number of hydrogen-bond acceptors (Lipinski definition) is 3. The quantitative estimate of drug-likeness (QED) is 0.867. The molecule has 2 N–H and O–H groups in total. The van der Waals surface area contributed by atoms with Crippen LogP contribution in [0.1, 0.15) is 16.8 Å². The van der Waals surface area contributed by atoms with Crippen LogP contribution in [-0.4, -0.2) is 54.4 Å². The van der Waals surface area contributed by atoms with Gasteiger partial charge in [0.05, 0.1) is 19.3 Å². The third-order valence-corrected chi connectivity index (χ3v) is 3.26. The van der Waals surface area contributed by atoms with Gasteiger partial charge in [-0.1, -0.05) is 18.2 Å². The smallest absolute Gasteiger partial charge is 0.404 e. The summed E-state index contributed by atoms with van der Waals surface area (Å²) in [4.78, 5) is 24.7. The van der Waals surface area contributed by atoms with Crippen LogP contribution in [0.2, 0.25) is 0 Å². The average molecular weight is 278 g/mol. The first-order valence-electron chi connectivity index (χ1n) is 6.59. The van der Waals surface area contributed by atoms with Crippen LogP contribution >= 0.6 is 0 Å². The zero-order valence-electron chi connectivity index (χ0n) is 11.1. The molecule has 0 radical (unpaired) electrons. The standard InChI is InChI=1S/C14H18N2O4/c17-13(11-4-2-1-3-5-11)16-8-9-20-10-12(16)6-7-15-14(18)19/h1-5,12,15H,6-10H2,(H,18,19). The molecule has 1 fully saturated rings. The minimum Gasteiger partial charge on any atom is -0.465 e. The van der Waals surface area contributed by atoms with Crippen molar-refractivity contribution < 1.29 is 19.4 Å². The Morgan fingerprint density at radius 1 is 1.35 bits per heavy atom. The van der Waals surface area contributed by atoms with Crippen molar-refractivity contribution in [2.45, 2.75) is 12.5 Å². The molecule has 0 saturated carbocycles. The second-order valence-corrected chi connectivity index (χ2v) is 4.61. The number of amides is 2. The van der Waals surface area contributed by atoms with E-state index in [4.69, 9.17) is 9.84 Å². The summed E-state index contributed by atoms with van der Waals surface area (Å²) in [5.41, 5.74) is 0.644. The van der Waals surface area contributed by atoms with E-state index in [2.05, 4.69) is 5.32 Å². The molecule has 1 aliphatic heterocycles. The highest BCUT2D eigenvalue weighted by Gasteiger charge is 2.27. The zero-order chi connectivity index (χ0) is 14.4. The molecule has 2 rings (SSSR count). The maximum absolute atomic E-state index is 12.4. The maximum atomic E-state index is 12.4. The van der Waals surface area contributed by atoms with E-state index >= 15 is 0 Å². The Bertz CT molecular complexity index is 464. The summed E-state index contributed by atoms with van der Waals surface area (Å²) in [6.45, 7) is 1.80. The number of nitrogens with one attached hydrogen (secondary N) is 1. The minimum atomic E-state index is -1.05. The molecule has 0 aliphatic carbocycles. The highest BCUT2D eigenvalue weighted by atomic mass is 16.5. The molecule has 1 aromatic carbocycles. The predicted molar refractivity (Wildman–Crippen MR) is 72.7 cm³/mol. The van der Waals surface area contributed by atoms with Crippen LogP contribution in [0.3, 0.4) is 0 Å². The van der Waals surface area contributed by atoms with E-state index in [0.717, 1.165) is 0 Å². The first-order chi connectivity index (χ1) is 9.68. The molecular formula is C14H18N2O4. The number of nitrogens with zero attached hydrogens (tertiary/aromatic N) is 1. The molecule has 1 aliphatic rings. The predicted octanol–water partition coefficient (Wildman–Crippen LogP) is 1.19. The van der Waals surface area contributed by atoms with Crippen LogP contribution in [0.5, 0.6) is 0 Å². The summed E-state index contributed by atoms with van der Waals surface area (Å²) in [7, 11) is 0. The van der Waals surface area contributed by atoms with Crippen molar-refractivity contribution in [2.24, 2.45) is 0 Å². The van der Waals surface area contributed by atoms with Gasteiger partial charge in [-0.15, -0.1) is 0 Å². The van der Waals surface area contributed by atoms with Gasteiger partial charge in [0.1, 0.15) is 0 Å². The minimum absolute atomic E-state index is 0.0331. The Kier molecular flexibility index (Phi) is 4.95. The molecule has 1 atom stereocenters. The van der Waals surface area contributed by atoms with Gasteiger partial charge in [0.25, 0.3) is 5.91 Å². The van der Waals surface area contributed by atoms with Gasteiger partial charge >= 0.3 is 6.09 Å². The van der Waals surface area contributed by atoms with E-state index in [-0.39, 0.29) is 11.9 Å². The average Bonchev–Trinajstić information content (AvgIpc) is 2.47. The van der Waals surface area contributed by atoms with Crippen LogP contribution in [0, 0.1) is 0 Å². The Morgan fingerprint density at radius 3 is 2.80 bits per heavy atom. The van der Waals surface area contributed by atoms with Crippen molar-refractivity contribution in [2.75, 3.05) is 26.3 Å². The van der Waals surface area contributed by atoms with Crippen molar-refractivity contribution in [3.05, 3.63) is 35.9 Å². The fourth-order valence-electron chi connectivity index (χ4n) is 2.25. The van der Waals surface area contributed by atoms with E-state index in [0.29, 0.717) is 38.3 Å². The molecular weight excluding hydrogens is 260 g/mol. The lowest BCUT2D eigenvalue weighted by molar-refractivity contribution is -0.00390. The number of ether oxygens (including phenoxy) is 1. The van der Waals surface area contributed by atoms with E-state index in [1.807, 2.05) is 18.2 Å². The number of hydrogen-bond donors (Lipinski definition) is 2. The van der Waals surface area contributed by atoms with Gasteiger partial charge in [-0.25, -0.2) is 4.79 Å². The molecule has 0 spiro atoms. The number of rotatable bonds is 4. The second kappa shape index (κ2) is 6.91. The summed E-state index contributed by atoms with van der Waals surface area (Å²) in [6.07, 6.45) is -0.507. The maximum Gasteiger partial charge on any atom is 0.404 e. The number of morpholine rings is 1. The van der Waals surface area contributed by atoms with Crippen LogP contribution in [0.15, 0.2) is 30.3 Å². The first-order valence-corrected chi connectivity index (χ1v) is 6.59. The van der Waals surface area contributed by atoms with Crippen molar-refractivity contribution in [1.82, 2.24) is 10.2 Å². The van der Waals surface area contributed by atoms with Gasteiger partial charge in [-0.2, -0.15) is 0 Å². The Labute approximate surface area is 117 Å². The summed E-state index contributed by atoms with van der Waals surface area (Å²) in [5.74, 6) is -0.0331. The summed E-state index contributed by atoms with van der Waals surface area (Å²) in [5, 5.41) is 10.9. The van der Waals surface area contributed by atoms with Crippen molar-refractivity contribution in [1.29, 1.82) is 0 Å². The van der Waals surface area contributed by atoms with E-state index < -0.39 is 6.09 Å². The van der Waals surface area contributed by atoms with E-state index in [9.17, 15) is 9.59 Å². The molecule has 6 heteroatoms. The lowest BCUT2D eigenvalue weighted by Gasteiger charge is -2.35. The van der Waals surface area contributed by atoms with Gasteiger partial charge in [0, 0.05) is 18.7 Å². The summed E-state index contributed by atoms with van der Waals surface area (Å²) >= 11 is 0. The second-order valence-electron chi connectivity index (χ2n) is 4.61. The Balaban J connectivity index is 1.99. The van der Waals surface area contributed by atoms with Crippen molar-refractivity contribution in [3.63, 3.8) is 0 Å². The SMILES string of the molecule is O=C(O)NCCC1COCCN1C(=O)c1ccccc1. The first kappa shape index (κ1) is 14.3. The zero-order valence-corrected chi connectivity index (χ0v) is 11.1. The fraction of sp³-hybridized carbons (Fsp3) is 0.429. The molecule has 1 aromatic rings. The summed E-state index contributed by atoms with van der Waals surface area (Å²) < 4.78 is 5.39. The molecule has 20 heavy (non-hydrogen) atoms. The van der Waals surface area contributed by atoms with Gasteiger partial charge in [0.2, 0.25) is 0 Å². The highest BCUT2D eigenvalue weighted by Crippen LogP contribution is 2.14. The molecule has 0 aromatic heterocycles. The topological polar surface area (TPSA) is 78.9 Å². The molecule has 6 nitrogen and oxygen atoms in total. The molecule has 1 unspecified atom stereocenters. The van der Waals surface area contributed by atoms with Crippen molar-refractivity contribution >= 4 is 12.0 Å². The summed E-state index contributed by atoms with van der Waals surface area (Å²) in [6, 6.07) is 8.99. The third-order valence-electron chi connectivity index (χ3n) is 3.26. The number of carboxylic acid groups (broad SMARTS) is 1. The molecule has 0 bridgehead atoms. The Morgan fingerprint density at radius 2 is 2.10 bits per heavy atom. The molecule has 1 heterocycles. The Hall–Kier alpha value is -2.08. The van der Waals surface area contributed by atoms with Crippen LogP contribution in [0.25, 0.3) is 0 Å². The van der Waals surface area contributed by atoms with E-state index in [1.54, 1.807) is 17.0 Å². The fourth-order valence-corrected chi connectivity index (χ4v) is 2.25. The third kappa shape index (κ3) is 3.71. The number of benzene rings is 1. The normalized spacial score (nSPS) is 18.6. The monoisotopic (exact) mass is 278 g/mol. The molecule has 2 amide bonds. The lowest BCUT2D eigenvalue weighted by Crippen LogP contribution is -2.49. The van der Waals surface area contributed by atoms with Gasteiger partial charge in [-0.3, -0.25) is 4.79 Å². The largest absolute Gasteiger partial charge is 0.465 e. The number of carbonyl (C=O) groups excluding carboxylic acids is 1.